The number of aromatic nitrogens is 1. The van der Waals surface area contributed by atoms with E-state index in [2.05, 4.69) is 0 Å². The number of fused-ring (bicyclic) bond motifs is 1. The first-order valence-corrected chi connectivity index (χ1v) is 9.54. The predicted molar refractivity (Wildman–Crippen MR) is 118 cm³/mol. The van der Waals surface area contributed by atoms with E-state index in [0.29, 0.717) is 40.3 Å². The Morgan fingerprint density at radius 2 is 1.53 bits per heavy atom. The zero-order valence-electron chi connectivity index (χ0n) is 16.8. The molecule has 0 fully saturated rings. The molecule has 0 atom stereocenters. The molecule has 0 saturated heterocycles. The number of aldehydes is 1. The number of rotatable bonds is 6. The Labute approximate surface area is 174 Å². The number of benzene rings is 3. The van der Waals surface area contributed by atoms with Gasteiger partial charge < -0.3 is 14.0 Å². The molecular formula is C25H21NO4. The maximum absolute atomic E-state index is 13.6. The second kappa shape index (κ2) is 8.25. The summed E-state index contributed by atoms with van der Waals surface area (Å²) in [4.78, 5) is 25.3. The van der Waals surface area contributed by atoms with Gasteiger partial charge in [-0.3, -0.25) is 9.59 Å². The van der Waals surface area contributed by atoms with E-state index >= 15 is 0 Å². The van der Waals surface area contributed by atoms with Gasteiger partial charge in [0.2, 0.25) is 0 Å². The first-order valence-electron chi connectivity index (χ1n) is 9.54. The Morgan fingerprint density at radius 3 is 2.23 bits per heavy atom. The molecule has 4 aromatic rings. The van der Waals surface area contributed by atoms with Crippen LogP contribution in [0.4, 0.5) is 0 Å². The molecule has 5 heteroatoms. The fourth-order valence-corrected chi connectivity index (χ4v) is 3.66. The van der Waals surface area contributed by atoms with Crippen molar-refractivity contribution < 1.29 is 14.3 Å². The van der Waals surface area contributed by atoms with Crippen molar-refractivity contribution in [3.8, 4) is 22.8 Å². The van der Waals surface area contributed by atoms with Crippen LogP contribution >= 0.6 is 0 Å². The van der Waals surface area contributed by atoms with Gasteiger partial charge in [-0.2, -0.15) is 0 Å². The Hall–Kier alpha value is -3.86. The second-order valence-corrected chi connectivity index (χ2v) is 6.91. The number of nitrogens with zero attached hydrogens (tertiary/aromatic N) is 1. The standard InChI is InChI=1S/C25H21NO4/c1-29-23-13-19-12-22(20-11-7-6-10-18(20)16-27)26(15-17-8-4-3-5-9-17)25(28)21(19)14-24(23)30-2/h3-14,16H,15H2,1-2H3. The highest BCUT2D eigenvalue weighted by atomic mass is 16.5. The van der Waals surface area contributed by atoms with Crippen molar-refractivity contribution in [3.63, 3.8) is 0 Å². The molecule has 0 unspecified atom stereocenters. The quantitative estimate of drug-likeness (QED) is 0.447. The average molecular weight is 399 g/mol. The Balaban J connectivity index is 2.05. The molecular weight excluding hydrogens is 378 g/mol. The maximum atomic E-state index is 13.6. The first kappa shape index (κ1) is 19.5. The van der Waals surface area contributed by atoms with Crippen LogP contribution in [-0.4, -0.2) is 25.1 Å². The number of hydrogen-bond acceptors (Lipinski definition) is 4. The second-order valence-electron chi connectivity index (χ2n) is 6.91. The number of carbonyl (C=O) groups excluding carboxylic acids is 1. The summed E-state index contributed by atoms with van der Waals surface area (Å²) >= 11 is 0. The molecule has 1 aromatic heterocycles. The first-order chi connectivity index (χ1) is 14.7. The molecule has 150 valence electrons. The minimum Gasteiger partial charge on any atom is -0.493 e. The van der Waals surface area contributed by atoms with E-state index < -0.39 is 0 Å². The highest BCUT2D eigenvalue weighted by Crippen LogP contribution is 2.33. The van der Waals surface area contributed by atoms with Gasteiger partial charge in [0, 0.05) is 11.1 Å². The number of ether oxygens (including phenoxy) is 2. The minimum atomic E-state index is -0.159. The molecule has 0 aliphatic heterocycles. The van der Waals surface area contributed by atoms with Gasteiger partial charge in [-0.1, -0.05) is 54.6 Å². The number of methoxy groups -OCH3 is 2. The third-order valence-electron chi connectivity index (χ3n) is 5.16. The fraction of sp³-hybridized carbons (Fsp3) is 0.120. The summed E-state index contributed by atoms with van der Waals surface area (Å²) in [5.74, 6) is 1.04. The molecule has 0 aliphatic carbocycles. The normalized spacial score (nSPS) is 10.7. The van der Waals surface area contributed by atoms with Crippen LogP contribution in [0.5, 0.6) is 11.5 Å². The molecule has 1 heterocycles. The zero-order valence-corrected chi connectivity index (χ0v) is 16.8. The third kappa shape index (κ3) is 3.46. The van der Waals surface area contributed by atoms with Crippen molar-refractivity contribution in [2.45, 2.75) is 6.54 Å². The van der Waals surface area contributed by atoms with Crippen molar-refractivity contribution in [3.05, 3.63) is 94.3 Å². The van der Waals surface area contributed by atoms with E-state index in [1.54, 1.807) is 37.0 Å². The monoisotopic (exact) mass is 399 g/mol. The van der Waals surface area contributed by atoms with Gasteiger partial charge in [-0.15, -0.1) is 0 Å². The van der Waals surface area contributed by atoms with Crippen molar-refractivity contribution in [2.24, 2.45) is 0 Å². The maximum Gasteiger partial charge on any atom is 0.259 e. The van der Waals surface area contributed by atoms with Crippen LogP contribution in [0.15, 0.2) is 77.6 Å². The molecule has 0 spiro atoms. The van der Waals surface area contributed by atoms with Crippen LogP contribution in [0.25, 0.3) is 22.0 Å². The summed E-state index contributed by atoms with van der Waals surface area (Å²) in [6.45, 7) is 0.381. The summed E-state index contributed by atoms with van der Waals surface area (Å²) in [6, 6.07) is 22.4. The average Bonchev–Trinajstić information content (AvgIpc) is 2.80. The largest absolute Gasteiger partial charge is 0.493 e. The van der Waals surface area contributed by atoms with Crippen molar-refractivity contribution in [1.29, 1.82) is 0 Å². The molecule has 0 saturated carbocycles. The van der Waals surface area contributed by atoms with E-state index in [1.807, 2.05) is 54.6 Å². The van der Waals surface area contributed by atoms with Gasteiger partial charge in [0.25, 0.3) is 5.56 Å². The van der Waals surface area contributed by atoms with Crippen molar-refractivity contribution >= 4 is 17.1 Å². The Morgan fingerprint density at radius 1 is 0.867 bits per heavy atom. The highest BCUT2D eigenvalue weighted by Gasteiger charge is 2.16. The lowest BCUT2D eigenvalue weighted by Crippen LogP contribution is -2.23. The fourth-order valence-electron chi connectivity index (χ4n) is 3.66. The summed E-state index contributed by atoms with van der Waals surface area (Å²) in [5, 5.41) is 1.24. The molecule has 5 nitrogen and oxygen atoms in total. The molecule has 0 amide bonds. The zero-order chi connectivity index (χ0) is 21.1. The number of pyridine rings is 1. The summed E-state index contributed by atoms with van der Waals surface area (Å²) < 4.78 is 12.5. The van der Waals surface area contributed by atoms with Crippen LogP contribution in [-0.2, 0) is 6.54 Å². The highest BCUT2D eigenvalue weighted by molar-refractivity contribution is 5.92. The number of hydrogen-bond donors (Lipinski definition) is 0. The molecule has 3 aromatic carbocycles. The van der Waals surface area contributed by atoms with Gasteiger partial charge >= 0.3 is 0 Å². The van der Waals surface area contributed by atoms with Crippen LogP contribution in [0, 0.1) is 0 Å². The van der Waals surface area contributed by atoms with Crippen LogP contribution in [0.1, 0.15) is 15.9 Å². The molecule has 0 N–H and O–H groups in total. The summed E-state index contributed by atoms with van der Waals surface area (Å²) in [7, 11) is 3.10. The van der Waals surface area contributed by atoms with E-state index in [1.165, 1.54) is 0 Å². The molecule has 0 aliphatic rings. The van der Waals surface area contributed by atoms with Crippen LogP contribution < -0.4 is 15.0 Å². The Bertz CT molecular complexity index is 1280. The van der Waals surface area contributed by atoms with Crippen LogP contribution in [0.3, 0.4) is 0 Å². The molecule has 30 heavy (non-hydrogen) atoms. The van der Waals surface area contributed by atoms with Gasteiger partial charge in [-0.05, 0) is 29.1 Å². The topological polar surface area (TPSA) is 57.5 Å². The minimum absolute atomic E-state index is 0.159. The van der Waals surface area contributed by atoms with E-state index in [0.717, 1.165) is 17.2 Å². The van der Waals surface area contributed by atoms with Gasteiger partial charge in [0.1, 0.15) is 0 Å². The summed E-state index contributed by atoms with van der Waals surface area (Å²) in [5.41, 5.74) is 2.74. The van der Waals surface area contributed by atoms with Crippen LogP contribution in [0.2, 0.25) is 0 Å². The van der Waals surface area contributed by atoms with Crippen molar-refractivity contribution in [2.75, 3.05) is 14.2 Å². The van der Waals surface area contributed by atoms with E-state index in [9.17, 15) is 9.59 Å². The Kier molecular flexibility index (Phi) is 5.35. The van der Waals surface area contributed by atoms with E-state index in [-0.39, 0.29) is 5.56 Å². The predicted octanol–water partition coefficient (Wildman–Crippen LogP) is 4.55. The van der Waals surface area contributed by atoms with Crippen molar-refractivity contribution in [1.82, 2.24) is 4.57 Å². The summed E-state index contributed by atoms with van der Waals surface area (Å²) in [6.07, 6.45) is 0.811. The lowest BCUT2D eigenvalue weighted by Gasteiger charge is -2.17. The molecule has 0 bridgehead atoms. The van der Waals surface area contributed by atoms with E-state index in [4.69, 9.17) is 9.47 Å². The molecule has 4 rings (SSSR count). The van der Waals surface area contributed by atoms with Gasteiger partial charge in [0.15, 0.2) is 17.8 Å². The lowest BCUT2D eigenvalue weighted by molar-refractivity contribution is 0.112. The van der Waals surface area contributed by atoms with Gasteiger partial charge in [0.05, 0.1) is 31.8 Å². The van der Waals surface area contributed by atoms with Gasteiger partial charge in [-0.25, -0.2) is 0 Å². The lowest BCUT2D eigenvalue weighted by atomic mass is 10.0. The third-order valence-corrected chi connectivity index (χ3v) is 5.16. The smallest absolute Gasteiger partial charge is 0.259 e. The number of carbonyl (C=O) groups is 1. The molecule has 0 radical (unpaired) electrons. The SMILES string of the molecule is COc1cc2cc(-c3ccccc3C=O)n(Cc3ccccc3)c(=O)c2cc1OC.